The van der Waals surface area contributed by atoms with Crippen LogP contribution >= 0.6 is 0 Å². The average Bonchev–Trinajstić information content (AvgIpc) is 2.50. The molecule has 1 rings (SSSR count). The van der Waals surface area contributed by atoms with E-state index in [2.05, 4.69) is 27.9 Å². The van der Waals surface area contributed by atoms with Crippen LogP contribution in [0.4, 0.5) is 0 Å². The normalized spacial score (nSPS) is 12.1. The predicted molar refractivity (Wildman–Crippen MR) is 44.4 cm³/mol. The van der Waals surface area contributed by atoms with Gasteiger partial charge in [0.2, 0.25) is 0 Å². The maximum atomic E-state index is 3.18. The quantitative estimate of drug-likeness (QED) is 0.606. The van der Waals surface area contributed by atoms with Crippen LogP contribution in [-0.2, 0) is 17.1 Å². The van der Waals surface area contributed by atoms with Crippen molar-refractivity contribution in [3.8, 4) is 0 Å². The number of hydrogen-bond acceptors (Lipinski definition) is 0. The van der Waals surface area contributed by atoms with E-state index >= 15 is 0 Å². The van der Waals surface area contributed by atoms with E-state index < -0.39 is 0 Å². The van der Waals surface area contributed by atoms with E-state index in [1.807, 2.05) is 25.3 Å². The van der Waals surface area contributed by atoms with Gasteiger partial charge in [-0.25, -0.2) is 0 Å². The minimum absolute atomic E-state index is 0.232. The number of hydrogen-bond donors (Lipinski definition) is 1. The molecular weight excluding hydrogens is 223 g/mol. The molecule has 0 atom stereocenters. The molecule has 1 nitrogen and oxygen atoms in total. The summed E-state index contributed by atoms with van der Waals surface area (Å²) in [6.45, 7) is 2.02. The van der Waals surface area contributed by atoms with Gasteiger partial charge in [-0.15, -0.1) is 0 Å². The molecule has 0 aliphatic rings. The molecule has 0 aromatic carbocycles. The average molecular weight is 234 g/mol. The Kier molecular flexibility index (Phi) is 3.92. The summed E-state index contributed by atoms with van der Waals surface area (Å²) in [5.41, 5.74) is 0. The summed E-state index contributed by atoms with van der Waals surface area (Å²) in [5.74, 6) is 0. The first-order chi connectivity index (χ1) is 5.43. The van der Waals surface area contributed by atoms with Crippen LogP contribution in [0.3, 0.4) is 0 Å². The Bertz CT molecular complexity index is 234. The van der Waals surface area contributed by atoms with Crippen LogP contribution in [-0.4, -0.2) is 4.98 Å². The minimum atomic E-state index is 0.232. The van der Waals surface area contributed by atoms with Gasteiger partial charge in [-0.1, -0.05) is 0 Å². The summed E-state index contributed by atoms with van der Waals surface area (Å²) in [5, 5.41) is 0. The molecule has 0 fully saturated rings. The van der Waals surface area contributed by atoms with Crippen LogP contribution in [0.1, 0.15) is 6.92 Å². The number of aromatic amines is 1. The fourth-order valence-electron chi connectivity index (χ4n) is 0.615. The molecule has 11 heavy (non-hydrogen) atoms. The number of rotatable bonds is 3. The van der Waals surface area contributed by atoms with E-state index in [0.717, 1.165) is 0 Å². The van der Waals surface area contributed by atoms with Gasteiger partial charge >= 0.3 is 74.6 Å². The molecule has 2 heteroatoms. The van der Waals surface area contributed by atoms with Gasteiger partial charge in [0.05, 0.1) is 0 Å². The maximum absolute atomic E-state index is 3.18. The molecule has 0 aliphatic carbocycles. The first kappa shape index (κ1) is 8.48. The van der Waals surface area contributed by atoms with Crippen molar-refractivity contribution >= 4 is 4.29 Å². The molecular formula is C9H11NRu. The molecule has 0 saturated heterocycles. The van der Waals surface area contributed by atoms with Crippen molar-refractivity contribution in [2.45, 2.75) is 6.92 Å². The molecule has 0 bridgehead atoms. The molecule has 0 aliphatic heterocycles. The zero-order valence-electron chi connectivity index (χ0n) is 6.40. The molecule has 1 N–H and O–H groups in total. The predicted octanol–water partition coefficient (Wildman–Crippen LogP) is 1.81. The Morgan fingerprint density at radius 2 is 2.36 bits per heavy atom. The number of allylic oxidation sites excluding steroid dienone is 3. The van der Waals surface area contributed by atoms with Crippen molar-refractivity contribution < 1.29 is 17.1 Å². The Morgan fingerprint density at radius 3 is 3.00 bits per heavy atom. The van der Waals surface area contributed by atoms with Gasteiger partial charge in [0.1, 0.15) is 0 Å². The SMILES string of the molecule is C/C=C/C=[CH]/[Ru][c]1ccc[nH]1. The van der Waals surface area contributed by atoms with Gasteiger partial charge in [-0.3, -0.25) is 0 Å². The summed E-state index contributed by atoms with van der Waals surface area (Å²) < 4.78 is 3.57. The Labute approximate surface area is 74.8 Å². The molecule has 1 aromatic heterocycles. The van der Waals surface area contributed by atoms with Gasteiger partial charge in [0.25, 0.3) is 0 Å². The standard InChI is InChI=1S/C5H7.C4H4N.Ru/c1-3-5-4-2;1-2-4-5-3-1;/h1,3-5H,2H3;1-3,5H;/b3-1?,5-4+;;. The second-order valence-electron chi connectivity index (χ2n) is 1.94. The van der Waals surface area contributed by atoms with Gasteiger partial charge in [0, 0.05) is 0 Å². The van der Waals surface area contributed by atoms with E-state index in [0.29, 0.717) is 0 Å². The third kappa shape index (κ3) is 3.34. The first-order valence-electron chi connectivity index (χ1n) is 3.45. The third-order valence-electron chi connectivity index (χ3n) is 1.09. The topological polar surface area (TPSA) is 15.8 Å². The Morgan fingerprint density at radius 1 is 1.45 bits per heavy atom. The monoisotopic (exact) mass is 235 g/mol. The fraction of sp³-hybridized carbons (Fsp3) is 0.111. The van der Waals surface area contributed by atoms with Gasteiger partial charge < -0.3 is 0 Å². The number of aromatic nitrogens is 1. The third-order valence-corrected chi connectivity index (χ3v) is 2.80. The van der Waals surface area contributed by atoms with E-state index in [9.17, 15) is 0 Å². The molecule has 0 saturated carbocycles. The molecule has 1 aromatic rings. The van der Waals surface area contributed by atoms with E-state index in [-0.39, 0.29) is 17.1 Å². The van der Waals surface area contributed by atoms with E-state index in [1.54, 1.807) is 0 Å². The van der Waals surface area contributed by atoms with Crippen molar-refractivity contribution in [2.24, 2.45) is 0 Å². The van der Waals surface area contributed by atoms with Crippen LogP contribution in [0.25, 0.3) is 0 Å². The Balaban J connectivity index is 2.34. The molecule has 0 amide bonds. The first-order valence-corrected chi connectivity index (χ1v) is 5.32. The molecule has 0 unspecified atom stereocenters. The summed E-state index contributed by atoms with van der Waals surface area (Å²) in [7, 11) is 0. The van der Waals surface area contributed by atoms with Crippen molar-refractivity contribution in [2.75, 3.05) is 0 Å². The molecule has 60 valence electrons. The summed E-state index contributed by atoms with van der Waals surface area (Å²) in [6, 6.07) is 4.16. The molecule has 1 heterocycles. The van der Waals surface area contributed by atoms with Crippen LogP contribution in [0.15, 0.2) is 41.2 Å². The molecule has 0 radical (unpaired) electrons. The van der Waals surface area contributed by atoms with Gasteiger partial charge in [0.15, 0.2) is 0 Å². The van der Waals surface area contributed by atoms with Gasteiger partial charge in [-0.05, 0) is 0 Å². The van der Waals surface area contributed by atoms with Crippen LogP contribution in [0.5, 0.6) is 0 Å². The Hall–Kier alpha value is -0.617. The van der Waals surface area contributed by atoms with Crippen LogP contribution < -0.4 is 4.29 Å². The second-order valence-corrected chi connectivity index (χ2v) is 3.96. The molecule has 0 spiro atoms. The van der Waals surface area contributed by atoms with Crippen LogP contribution in [0.2, 0.25) is 0 Å². The zero-order valence-corrected chi connectivity index (χ0v) is 8.13. The number of nitrogens with one attached hydrogen (secondary N) is 1. The number of H-pyrrole nitrogens is 1. The summed E-state index contributed by atoms with van der Waals surface area (Å²) in [6.07, 6.45) is 8.15. The van der Waals surface area contributed by atoms with E-state index in [1.165, 1.54) is 4.29 Å². The fourth-order valence-corrected chi connectivity index (χ4v) is 1.91. The van der Waals surface area contributed by atoms with Gasteiger partial charge in [-0.2, -0.15) is 0 Å². The van der Waals surface area contributed by atoms with Crippen molar-refractivity contribution in [3.63, 3.8) is 0 Å². The van der Waals surface area contributed by atoms with E-state index in [4.69, 9.17) is 0 Å². The zero-order chi connectivity index (χ0) is 7.94. The van der Waals surface area contributed by atoms with Crippen molar-refractivity contribution in [3.05, 3.63) is 41.2 Å². The van der Waals surface area contributed by atoms with Crippen LogP contribution in [0, 0.1) is 0 Å². The van der Waals surface area contributed by atoms with Crippen molar-refractivity contribution in [1.82, 2.24) is 4.98 Å². The summed E-state index contributed by atoms with van der Waals surface area (Å²) >= 11 is 0.232. The van der Waals surface area contributed by atoms with Crippen molar-refractivity contribution in [1.29, 1.82) is 0 Å². The second kappa shape index (κ2) is 5.09. The summed E-state index contributed by atoms with van der Waals surface area (Å²) in [4.78, 5) is 3.18.